The van der Waals surface area contributed by atoms with Gasteiger partial charge in [-0.05, 0) is 36.1 Å². The fraction of sp³-hybridized carbons (Fsp3) is 0.438. The van der Waals surface area contributed by atoms with E-state index in [4.69, 9.17) is 0 Å². The van der Waals surface area contributed by atoms with Crippen LogP contribution in [0.3, 0.4) is 0 Å². The van der Waals surface area contributed by atoms with E-state index in [0.29, 0.717) is 18.2 Å². The molecule has 1 aliphatic carbocycles. The van der Waals surface area contributed by atoms with Crippen LogP contribution >= 0.6 is 0 Å². The van der Waals surface area contributed by atoms with Crippen molar-refractivity contribution < 1.29 is 4.79 Å². The lowest BCUT2D eigenvalue weighted by atomic mass is 9.92. The summed E-state index contributed by atoms with van der Waals surface area (Å²) in [7, 11) is 0. The summed E-state index contributed by atoms with van der Waals surface area (Å²) < 4.78 is 0. The normalized spacial score (nSPS) is 29.2. The topological polar surface area (TPSA) is 32.3 Å². The highest BCUT2D eigenvalue weighted by atomic mass is 16.1. The lowest BCUT2D eigenvalue weighted by Crippen LogP contribution is -2.34. The fourth-order valence-corrected chi connectivity index (χ4v) is 3.66. The minimum atomic E-state index is 0.369. The van der Waals surface area contributed by atoms with E-state index < -0.39 is 0 Å². The number of anilines is 1. The highest BCUT2D eigenvalue weighted by Gasteiger charge is 2.36. The first kappa shape index (κ1) is 11.2. The zero-order chi connectivity index (χ0) is 12.8. The van der Waals surface area contributed by atoms with Gasteiger partial charge in [0.2, 0.25) is 0 Å². The average molecular weight is 254 g/mol. The fourth-order valence-electron chi connectivity index (χ4n) is 3.66. The van der Waals surface area contributed by atoms with Gasteiger partial charge in [0.1, 0.15) is 0 Å². The maximum absolute atomic E-state index is 12.2. The largest absolute Gasteiger partial charge is 0.381 e. The van der Waals surface area contributed by atoms with Gasteiger partial charge in [-0.3, -0.25) is 9.69 Å². The Morgan fingerprint density at radius 1 is 1.21 bits per heavy atom. The molecule has 2 bridgehead atoms. The van der Waals surface area contributed by atoms with Crippen molar-refractivity contribution in [1.82, 2.24) is 4.90 Å². The summed E-state index contributed by atoms with van der Waals surface area (Å²) in [5, 5.41) is 3.47. The molecule has 0 amide bonds. The lowest BCUT2D eigenvalue weighted by molar-refractivity contribution is -0.115. The van der Waals surface area contributed by atoms with Gasteiger partial charge in [0.05, 0.1) is 0 Å². The zero-order valence-electron chi connectivity index (χ0n) is 11.0. The van der Waals surface area contributed by atoms with Gasteiger partial charge in [0, 0.05) is 37.3 Å². The molecule has 0 spiro atoms. The van der Waals surface area contributed by atoms with Crippen LogP contribution in [0, 0.1) is 5.92 Å². The number of hydrogen-bond donors (Lipinski definition) is 1. The third-order valence-electron chi connectivity index (χ3n) is 4.70. The second-order valence-electron chi connectivity index (χ2n) is 5.84. The first-order valence-electron chi connectivity index (χ1n) is 7.10. The van der Waals surface area contributed by atoms with Gasteiger partial charge in [0.25, 0.3) is 0 Å². The van der Waals surface area contributed by atoms with E-state index in [-0.39, 0.29) is 0 Å². The molecule has 3 heteroatoms. The number of carbonyl (C=O) groups excluding carboxylic acids is 1. The summed E-state index contributed by atoms with van der Waals surface area (Å²) in [6, 6.07) is 8.46. The molecule has 2 heterocycles. The first-order valence-corrected chi connectivity index (χ1v) is 7.10. The Morgan fingerprint density at radius 3 is 3.05 bits per heavy atom. The molecule has 1 aromatic rings. The number of para-hydroxylation sites is 1. The van der Waals surface area contributed by atoms with Gasteiger partial charge >= 0.3 is 0 Å². The van der Waals surface area contributed by atoms with Crippen molar-refractivity contribution in [1.29, 1.82) is 0 Å². The second kappa shape index (κ2) is 4.20. The molecule has 2 unspecified atom stereocenters. The van der Waals surface area contributed by atoms with Gasteiger partial charge < -0.3 is 5.32 Å². The van der Waals surface area contributed by atoms with Crippen LogP contribution < -0.4 is 5.32 Å². The Labute approximate surface area is 113 Å². The van der Waals surface area contributed by atoms with Crippen LogP contribution in [-0.2, 0) is 11.3 Å². The number of Topliss-reactive ketones (excluding diaryl/α,β-unsaturated/α-hetero) is 1. The Hall–Kier alpha value is -1.61. The van der Waals surface area contributed by atoms with Crippen LogP contribution in [0.5, 0.6) is 0 Å². The van der Waals surface area contributed by atoms with Crippen LogP contribution in [-0.4, -0.2) is 30.3 Å². The molecule has 0 aromatic heterocycles. The number of carbonyl (C=O) groups is 1. The molecule has 19 heavy (non-hydrogen) atoms. The van der Waals surface area contributed by atoms with Crippen LogP contribution in [0.1, 0.15) is 18.4 Å². The van der Waals surface area contributed by atoms with Gasteiger partial charge in [-0.2, -0.15) is 0 Å². The van der Waals surface area contributed by atoms with Gasteiger partial charge in [0.15, 0.2) is 5.78 Å². The molecule has 4 rings (SSSR count). The number of fused-ring (bicyclic) bond motifs is 2. The van der Waals surface area contributed by atoms with E-state index in [1.54, 1.807) is 0 Å². The van der Waals surface area contributed by atoms with Gasteiger partial charge in [-0.25, -0.2) is 0 Å². The smallest absolute Gasteiger partial charge is 0.161 e. The summed E-state index contributed by atoms with van der Waals surface area (Å²) in [5.74, 6) is 0.899. The molecular formula is C16H18N2O. The number of ketones is 1. The molecule has 3 nitrogen and oxygen atoms in total. The lowest BCUT2D eigenvalue weighted by Gasteiger charge is -2.32. The van der Waals surface area contributed by atoms with Crippen LogP contribution in [0.4, 0.5) is 5.69 Å². The summed E-state index contributed by atoms with van der Waals surface area (Å²) in [6.07, 6.45) is 1.90. The number of benzene rings is 1. The molecule has 1 fully saturated rings. The molecule has 98 valence electrons. The molecule has 1 saturated heterocycles. The Balaban J connectivity index is 1.77. The van der Waals surface area contributed by atoms with Crippen LogP contribution in [0.25, 0.3) is 0 Å². The monoisotopic (exact) mass is 254 g/mol. The first-order chi connectivity index (χ1) is 9.31. The summed E-state index contributed by atoms with van der Waals surface area (Å²) in [4.78, 5) is 14.7. The molecule has 2 atom stereocenters. The number of rotatable bonds is 0. The molecule has 3 aliphatic rings. The standard InChI is InChI=1S/C16H18N2O/c19-16-7-11-5-6-18-9-12-3-1-2-4-15(12)17-8-13(16)14(11)10-18/h1-4,11,17H,5-10H2. The maximum Gasteiger partial charge on any atom is 0.161 e. The summed E-state index contributed by atoms with van der Waals surface area (Å²) >= 11 is 0. The maximum atomic E-state index is 12.2. The van der Waals surface area contributed by atoms with E-state index in [1.165, 1.54) is 16.8 Å². The van der Waals surface area contributed by atoms with E-state index in [0.717, 1.165) is 38.0 Å². The third-order valence-corrected chi connectivity index (χ3v) is 4.70. The van der Waals surface area contributed by atoms with E-state index in [1.807, 2.05) is 0 Å². The van der Waals surface area contributed by atoms with Crippen LogP contribution in [0.15, 0.2) is 35.4 Å². The van der Waals surface area contributed by atoms with Crippen molar-refractivity contribution in [3.63, 3.8) is 0 Å². The predicted octanol–water partition coefficient (Wildman–Crippen LogP) is 2.20. The molecular weight excluding hydrogens is 236 g/mol. The second-order valence-corrected chi connectivity index (χ2v) is 5.84. The van der Waals surface area contributed by atoms with E-state index >= 15 is 0 Å². The number of nitrogens with one attached hydrogen (secondary N) is 1. The predicted molar refractivity (Wildman–Crippen MR) is 75.0 cm³/mol. The van der Waals surface area contributed by atoms with Crippen molar-refractivity contribution in [2.75, 3.05) is 25.0 Å². The Morgan fingerprint density at radius 2 is 2.11 bits per heavy atom. The summed E-state index contributed by atoms with van der Waals surface area (Å²) in [5.41, 5.74) is 5.00. The summed E-state index contributed by atoms with van der Waals surface area (Å²) in [6.45, 7) is 3.79. The van der Waals surface area contributed by atoms with Crippen molar-refractivity contribution >= 4 is 11.5 Å². The number of hydrogen-bond acceptors (Lipinski definition) is 3. The average Bonchev–Trinajstić information content (AvgIpc) is 2.75. The highest BCUT2D eigenvalue weighted by molar-refractivity contribution is 6.00. The van der Waals surface area contributed by atoms with E-state index in [2.05, 4.69) is 34.5 Å². The van der Waals surface area contributed by atoms with E-state index in [9.17, 15) is 4.79 Å². The molecule has 1 aromatic carbocycles. The molecule has 1 N–H and O–H groups in total. The Kier molecular flexibility index (Phi) is 2.49. The molecule has 2 aliphatic heterocycles. The quantitative estimate of drug-likeness (QED) is 0.770. The van der Waals surface area contributed by atoms with Gasteiger partial charge in [-0.15, -0.1) is 0 Å². The van der Waals surface area contributed by atoms with Crippen molar-refractivity contribution in [2.45, 2.75) is 19.4 Å². The van der Waals surface area contributed by atoms with Crippen molar-refractivity contribution in [3.8, 4) is 0 Å². The minimum Gasteiger partial charge on any atom is -0.381 e. The van der Waals surface area contributed by atoms with Crippen molar-refractivity contribution in [2.24, 2.45) is 5.92 Å². The van der Waals surface area contributed by atoms with Crippen LogP contribution in [0.2, 0.25) is 0 Å². The zero-order valence-corrected chi connectivity index (χ0v) is 11.0. The van der Waals surface area contributed by atoms with Gasteiger partial charge in [-0.1, -0.05) is 18.2 Å². The Bertz CT molecular complexity index is 576. The SMILES string of the molecule is O=C1CC2CCN3CC2=C1CNc1ccccc1C3. The molecule has 0 saturated carbocycles. The minimum absolute atomic E-state index is 0.369. The highest BCUT2D eigenvalue weighted by Crippen LogP contribution is 2.37. The van der Waals surface area contributed by atoms with Crippen molar-refractivity contribution in [3.05, 3.63) is 41.0 Å². The number of nitrogens with zero attached hydrogens (tertiary/aromatic N) is 1. The number of piperidine rings is 1. The molecule has 0 radical (unpaired) electrons. The third kappa shape index (κ3) is 1.80.